The average Bonchev–Trinajstić information content (AvgIpc) is 2.35. The number of nitrogens with one attached hydrogen (secondary N) is 1. The highest BCUT2D eigenvalue weighted by atomic mass is 16.5. The molecule has 1 fully saturated rings. The van der Waals surface area contributed by atoms with Gasteiger partial charge < -0.3 is 15.0 Å². The van der Waals surface area contributed by atoms with Crippen LogP contribution in [-0.4, -0.2) is 51.3 Å². The van der Waals surface area contributed by atoms with E-state index in [2.05, 4.69) is 17.1 Å². The van der Waals surface area contributed by atoms with Crippen LogP contribution in [0.5, 0.6) is 0 Å². The molecular weight excluding hydrogens is 212 g/mol. The Morgan fingerprint density at radius 3 is 2.94 bits per heavy atom. The van der Waals surface area contributed by atoms with Gasteiger partial charge in [0, 0.05) is 13.7 Å². The second kappa shape index (κ2) is 9.86. The van der Waals surface area contributed by atoms with Crippen LogP contribution in [0.25, 0.3) is 0 Å². The average molecular weight is 242 g/mol. The summed E-state index contributed by atoms with van der Waals surface area (Å²) in [7, 11) is 1.82. The number of hydrogen-bond donors (Lipinski definition) is 1. The number of piperidine rings is 1. The number of methoxy groups -OCH3 is 1. The van der Waals surface area contributed by atoms with E-state index in [0.717, 1.165) is 12.5 Å². The van der Waals surface area contributed by atoms with Crippen molar-refractivity contribution in [2.24, 2.45) is 5.92 Å². The summed E-state index contributed by atoms with van der Waals surface area (Å²) in [5.41, 5.74) is 0. The Labute approximate surface area is 107 Å². The predicted octanol–water partition coefficient (Wildman–Crippen LogP) is 2.12. The van der Waals surface area contributed by atoms with Crippen LogP contribution in [0.2, 0.25) is 0 Å². The molecule has 1 N–H and O–H groups in total. The van der Waals surface area contributed by atoms with E-state index in [1.165, 1.54) is 64.8 Å². The number of hydrogen-bond acceptors (Lipinski definition) is 3. The van der Waals surface area contributed by atoms with Crippen molar-refractivity contribution in [1.29, 1.82) is 0 Å². The van der Waals surface area contributed by atoms with Crippen molar-refractivity contribution in [3.05, 3.63) is 0 Å². The van der Waals surface area contributed by atoms with Crippen LogP contribution in [0, 0.1) is 5.92 Å². The summed E-state index contributed by atoms with van der Waals surface area (Å²) in [6.07, 6.45) is 6.58. The summed E-state index contributed by atoms with van der Waals surface area (Å²) in [5, 5.41) is 3.46. The van der Waals surface area contributed by atoms with Crippen molar-refractivity contribution in [2.75, 3.05) is 46.4 Å². The zero-order valence-electron chi connectivity index (χ0n) is 11.7. The van der Waals surface area contributed by atoms with Crippen molar-refractivity contribution in [1.82, 2.24) is 10.2 Å². The summed E-state index contributed by atoms with van der Waals surface area (Å²) >= 11 is 0. The van der Waals surface area contributed by atoms with Gasteiger partial charge in [0.25, 0.3) is 0 Å². The first-order chi connectivity index (χ1) is 8.36. The van der Waals surface area contributed by atoms with Gasteiger partial charge in [0.15, 0.2) is 0 Å². The number of ether oxygens (including phenoxy) is 1. The van der Waals surface area contributed by atoms with E-state index in [1.54, 1.807) is 0 Å². The quantitative estimate of drug-likeness (QED) is 0.627. The molecule has 1 atom stereocenters. The van der Waals surface area contributed by atoms with Gasteiger partial charge in [-0.15, -0.1) is 0 Å². The van der Waals surface area contributed by atoms with Crippen LogP contribution in [0.3, 0.4) is 0 Å². The molecule has 0 bridgehead atoms. The Morgan fingerprint density at radius 1 is 1.29 bits per heavy atom. The molecule has 1 saturated heterocycles. The van der Waals surface area contributed by atoms with Gasteiger partial charge in [-0.2, -0.15) is 0 Å². The molecule has 102 valence electrons. The minimum absolute atomic E-state index is 0.770. The molecule has 3 nitrogen and oxygen atoms in total. The van der Waals surface area contributed by atoms with Gasteiger partial charge in [-0.25, -0.2) is 0 Å². The third kappa shape index (κ3) is 7.02. The Balaban J connectivity index is 1.98. The van der Waals surface area contributed by atoms with E-state index >= 15 is 0 Å². The van der Waals surface area contributed by atoms with E-state index in [4.69, 9.17) is 4.74 Å². The van der Waals surface area contributed by atoms with Gasteiger partial charge in [0.2, 0.25) is 0 Å². The maximum atomic E-state index is 5.26. The summed E-state index contributed by atoms with van der Waals surface area (Å²) in [4.78, 5) is 2.62. The first-order valence-corrected chi connectivity index (χ1v) is 7.28. The van der Waals surface area contributed by atoms with Crippen molar-refractivity contribution in [3.63, 3.8) is 0 Å². The van der Waals surface area contributed by atoms with Gasteiger partial charge in [-0.3, -0.25) is 0 Å². The lowest BCUT2D eigenvalue weighted by atomic mass is 9.99. The maximum Gasteiger partial charge on any atom is 0.0502 e. The summed E-state index contributed by atoms with van der Waals surface area (Å²) in [5.74, 6) is 0.770. The lowest BCUT2D eigenvalue weighted by Crippen LogP contribution is -2.37. The number of likely N-dealkylation sites (tertiary alicyclic amines) is 1. The molecule has 1 heterocycles. The van der Waals surface area contributed by atoms with E-state index in [9.17, 15) is 0 Å². The second-order valence-corrected chi connectivity index (χ2v) is 5.22. The molecule has 3 heteroatoms. The summed E-state index contributed by atoms with van der Waals surface area (Å²) in [6, 6.07) is 0. The smallest absolute Gasteiger partial charge is 0.0502 e. The van der Waals surface area contributed by atoms with E-state index in [-0.39, 0.29) is 0 Å². The zero-order valence-corrected chi connectivity index (χ0v) is 11.7. The Morgan fingerprint density at radius 2 is 2.18 bits per heavy atom. The normalized spacial score (nSPS) is 21.9. The van der Waals surface area contributed by atoms with Crippen molar-refractivity contribution < 1.29 is 4.74 Å². The van der Waals surface area contributed by atoms with Crippen molar-refractivity contribution in [3.8, 4) is 0 Å². The highest BCUT2D eigenvalue weighted by Gasteiger charge is 2.18. The topological polar surface area (TPSA) is 24.5 Å². The van der Waals surface area contributed by atoms with Gasteiger partial charge in [-0.05, 0) is 64.2 Å². The maximum absolute atomic E-state index is 5.26. The molecule has 0 aromatic carbocycles. The Kier molecular flexibility index (Phi) is 8.67. The fourth-order valence-electron chi connectivity index (χ4n) is 2.61. The molecule has 1 unspecified atom stereocenters. The van der Waals surface area contributed by atoms with E-state index in [0.29, 0.717) is 0 Å². The standard InChI is InChI=1S/C14H30N2O/c1-3-8-15-9-4-5-10-16-11-6-7-14(12-16)13-17-2/h14-15H,3-13H2,1-2H3. The minimum Gasteiger partial charge on any atom is -0.384 e. The van der Waals surface area contributed by atoms with Crippen molar-refractivity contribution >= 4 is 0 Å². The third-order valence-electron chi connectivity index (χ3n) is 3.51. The van der Waals surface area contributed by atoms with Crippen LogP contribution < -0.4 is 5.32 Å². The lowest BCUT2D eigenvalue weighted by Gasteiger charge is -2.32. The molecule has 0 aromatic heterocycles. The van der Waals surface area contributed by atoms with Crippen LogP contribution in [0.4, 0.5) is 0 Å². The zero-order chi connectivity index (χ0) is 12.3. The van der Waals surface area contributed by atoms with Gasteiger partial charge >= 0.3 is 0 Å². The molecule has 0 amide bonds. The van der Waals surface area contributed by atoms with Crippen LogP contribution in [0.1, 0.15) is 39.0 Å². The third-order valence-corrected chi connectivity index (χ3v) is 3.51. The summed E-state index contributed by atoms with van der Waals surface area (Å²) < 4.78 is 5.26. The second-order valence-electron chi connectivity index (χ2n) is 5.22. The predicted molar refractivity (Wildman–Crippen MR) is 73.4 cm³/mol. The first kappa shape index (κ1) is 14.9. The Bertz CT molecular complexity index is 174. The monoisotopic (exact) mass is 242 g/mol. The summed E-state index contributed by atoms with van der Waals surface area (Å²) in [6.45, 7) is 9.32. The molecule has 0 spiro atoms. The Hall–Kier alpha value is -0.120. The van der Waals surface area contributed by atoms with Crippen LogP contribution >= 0.6 is 0 Å². The molecule has 0 radical (unpaired) electrons. The van der Waals surface area contributed by atoms with Crippen LogP contribution in [-0.2, 0) is 4.74 Å². The number of unbranched alkanes of at least 4 members (excludes halogenated alkanes) is 1. The molecular formula is C14H30N2O. The molecule has 0 aromatic rings. The SMILES string of the molecule is CCCNCCCCN1CCCC(COC)C1. The molecule has 0 saturated carbocycles. The molecule has 0 aliphatic carbocycles. The molecule has 1 aliphatic heterocycles. The fourth-order valence-corrected chi connectivity index (χ4v) is 2.61. The lowest BCUT2D eigenvalue weighted by molar-refractivity contribution is 0.0899. The first-order valence-electron chi connectivity index (χ1n) is 7.28. The van der Waals surface area contributed by atoms with Crippen molar-refractivity contribution in [2.45, 2.75) is 39.0 Å². The van der Waals surface area contributed by atoms with Gasteiger partial charge in [0.1, 0.15) is 0 Å². The molecule has 1 aliphatic rings. The molecule has 1 rings (SSSR count). The van der Waals surface area contributed by atoms with Gasteiger partial charge in [0.05, 0.1) is 6.61 Å². The highest BCUT2D eigenvalue weighted by Crippen LogP contribution is 2.16. The highest BCUT2D eigenvalue weighted by molar-refractivity contribution is 4.72. The fraction of sp³-hybridized carbons (Fsp3) is 1.00. The minimum atomic E-state index is 0.770. The van der Waals surface area contributed by atoms with Crippen LogP contribution in [0.15, 0.2) is 0 Å². The largest absolute Gasteiger partial charge is 0.384 e. The number of rotatable bonds is 9. The van der Waals surface area contributed by atoms with Gasteiger partial charge in [-0.1, -0.05) is 6.92 Å². The number of nitrogens with zero attached hydrogens (tertiary/aromatic N) is 1. The molecule has 17 heavy (non-hydrogen) atoms. The van der Waals surface area contributed by atoms with E-state index in [1.807, 2.05) is 7.11 Å². The van der Waals surface area contributed by atoms with E-state index < -0.39 is 0 Å².